The number of likely N-dealkylation sites (N-methyl/N-ethyl adjacent to an activating group) is 1. The fraction of sp³-hybridized carbons (Fsp3) is 0.571. The van der Waals surface area contributed by atoms with Crippen LogP contribution in [0.15, 0.2) is 18.5 Å². The van der Waals surface area contributed by atoms with Gasteiger partial charge in [0.05, 0.1) is 30.8 Å². The van der Waals surface area contributed by atoms with Crippen molar-refractivity contribution in [3.05, 3.63) is 24.3 Å². The number of nitrogens with zero attached hydrogens (tertiary/aromatic N) is 3. The van der Waals surface area contributed by atoms with E-state index in [1.165, 1.54) is 5.52 Å². The molecule has 102 valence electrons. The number of aryl methyl sites for hydroxylation is 1. The van der Waals surface area contributed by atoms with Gasteiger partial charge in [-0.25, -0.2) is 4.98 Å². The van der Waals surface area contributed by atoms with Crippen molar-refractivity contribution in [3.63, 3.8) is 0 Å². The zero-order valence-electron chi connectivity index (χ0n) is 11.5. The number of rotatable bonds is 4. The van der Waals surface area contributed by atoms with E-state index in [9.17, 15) is 0 Å². The second kappa shape index (κ2) is 5.27. The molecule has 2 aromatic rings. The number of pyridine rings is 1. The molecule has 0 saturated carbocycles. The van der Waals surface area contributed by atoms with Crippen LogP contribution >= 0.6 is 0 Å². The van der Waals surface area contributed by atoms with Gasteiger partial charge in [-0.2, -0.15) is 0 Å². The standard InChI is InChI=1S/C14H20N4O/c1-3-6-18-13-4-5-16-7-11(13)17-14(18)10-8-19-9-12(10)15-2/h4-5,7,10,12,15H,3,6,8-9H2,1-2H3. The normalized spacial score (nSPS) is 23.3. The summed E-state index contributed by atoms with van der Waals surface area (Å²) >= 11 is 0. The number of imidazole rings is 1. The van der Waals surface area contributed by atoms with Gasteiger partial charge in [-0.05, 0) is 19.5 Å². The summed E-state index contributed by atoms with van der Waals surface area (Å²) in [6, 6.07) is 2.39. The molecule has 0 radical (unpaired) electrons. The monoisotopic (exact) mass is 260 g/mol. The Morgan fingerprint density at radius 1 is 1.47 bits per heavy atom. The third-order valence-electron chi connectivity index (χ3n) is 3.81. The van der Waals surface area contributed by atoms with Crippen molar-refractivity contribution in [1.29, 1.82) is 0 Å². The number of fused-ring (bicyclic) bond motifs is 1. The number of ether oxygens (including phenoxy) is 1. The Hall–Kier alpha value is -1.46. The highest BCUT2D eigenvalue weighted by molar-refractivity contribution is 5.74. The Morgan fingerprint density at radius 2 is 2.37 bits per heavy atom. The van der Waals surface area contributed by atoms with E-state index in [1.54, 1.807) is 0 Å². The lowest BCUT2D eigenvalue weighted by molar-refractivity contribution is 0.187. The van der Waals surface area contributed by atoms with Crippen molar-refractivity contribution in [2.75, 3.05) is 20.3 Å². The van der Waals surface area contributed by atoms with Crippen LogP contribution in [0.4, 0.5) is 0 Å². The van der Waals surface area contributed by atoms with E-state index in [0.29, 0.717) is 12.0 Å². The van der Waals surface area contributed by atoms with Gasteiger partial charge in [0.15, 0.2) is 0 Å². The maximum atomic E-state index is 5.61. The van der Waals surface area contributed by atoms with Gasteiger partial charge in [0.2, 0.25) is 0 Å². The molecule has 1 N–H and O–H groups in total. The van der Waals surface area contributed by atoms with Crippen LogP contribution in [0.1, 0.15) is 25.1 Å². The summed E-state index contributed by atoms with van der Waals surface area (Å²) in [5.41, 5.74) is 2.15. The Labute approximate surface area is 113 Å². The average molecular weight is 260 g/mol. The summed E-state index contributed by atoms with van der Waals surface area (Å²) in [4.78, 5) is 8.96. The number of aromatic nitrogens is 3. The predicted molar refractivity (Wildman–Crippen MR) is 74.2 cm³/mol. The fourth-order valence-corrected chi connectivity index (χ4v) is 2.84. The molecule has 2 unspecified atom stereocenters. The summed E-state index contributed by atoms with van der Waals surface area (Å²) in [5.74, 6) is 1.45. The van der Waals surface area contributed by atoms with E-state index in [-0.39, 0.29) is 0 Å². The number of nitrogens with one attached hydrogen (secondary N) is 1. The van der Waals surface area contributed by atoms with Crippen LogP contribution in [0.2, 0.25) is 0 Å². The first kappa shape index (κ1) is 12.6. The van der Waals surface area contributed by atoms with Crippen molar-refractivity contribution >= 4 is 11.0 Å². The third kappa shape index (κ3) is 2.13. The quantitative estimate of drug-likeness (QED) is 0.906. The van der Waals surface area contributed by atoms with Gasteiger partial charge in [0.1, 0.15) is 11.3 Å². The minimum atomic E-state index is 0.323. The maximum absolute atomic E-state index is 5.61. The second-order valence-corrected chi connectivity index (χ2v) is 5.03. The van der Waals surface area contributed by atoms with Crippen molar-refractivity contribution in [3.8, 4) is 0 Å². The number of hydrogen-bond acceptors (Lipinski definition) is 4. The van der Waals surface area contributed by atoms with Crippen molar-refractivity contribution in [1.82, 2.24) is 19.9 Å². The van der Waals surface area contributed by atoms with Crippen molar-refractivity contribution < 1.29 is 4.74 Å². The minimum Gasteiger partial charge on any atom is -0.379 e. The summed E-state index contributed by atoms with van der Waals surface area (Å²) in [6.45, 7) is 4.68. The van der Waals surface area contributed by atoms with Gasteiger partial charge in [-0.3, -0.25) is 4.98 Å². The maximum Gasteiger partial charge on any atom is 0.117 e. The lowest BCUT2D eigenvalue weighted by Gasteiger charge is -2.18. The molecule has 3 heterocycles. The molecule has 1 fully saturated rings. The van der Waals surface area contributed by atoms with Crippen LogP contribution in [0.25, 0.3) is 11.0 Å². The van der Waals surface area contributed by atoms with Crippen LogP contribution in [-0.4, -0.2) is 40.8 Å². The molecule has 19 heavy (non-hydrogen) atoms. The van der Waals surface area contributed by atoms with Gasteiger partial charge in [0.25, 0.3) is 0 Å². The highest BCUT2D eigenvalue weighted by Gasteiger charge is 2.32. The fourth-order valence-electron chi connectivity index (χ4n) is 2.84. The summed E-state index contributed by atoms with van der Waals surface area (Å²) in [7, 11) is 1.99. The molecule has 1 aliphatic rings. The largest absolute Gasteiger partial charge is 0.379 e. The summed E-state index contributed by atoms with van der Waals surface area (Å²) < 4.78 is 7.93. The summed E-state index contributed by atoms with van der Waals surface area (Å²) in [6.07, 6.45) is 4.77. The van der Waals surface area contributed by atoms with Gasteiger partial charge in [-0.15, -0.1) is 0 Å². The van der Waals surface area contributed by atoms with Gasteiger partial charge < -0.3 is 14.6 Å². The molecule has 0 bridgehead atoms. The van der Waals surface area contributed by atoms with Crippen molar-refractivity contribution in [2.24, 2.45) is 0 Å². The topological polar surface area (TPSA) is 52.0 Å². The molecular formula is C14H20N4O. The molecule has 2 atom stereocenters. The minimum absolute atomic E-state index is 0.323. The molecule has 0 aromatic carbocycles. The third-order valence-corrected chi connectivity index (χ3v) is 3.81. The van der Waals surface area contributed by atoms with E-state index in [4.69, 9.17) is 9.72 Å². The van der Waals surface area contributed by atoms with E-state index >= 15 is 0 Å². The lowest BCUT2D eigenvalue weighted by atomic mass is 10.0. The van der Waals surface area contributed by atoms with Crippen LogP contribution in [0, 0.1) is 0 Å². The Morgan fingerprint density at radius 3 is 3.16 bits per heavy atom. The molecule has 1 saturated heterocycles. The lowest BCUT2D eigenvalue weighted by Crippen LogP contribution is -2.32. The second-order valence-electron chi connectivity index (χ2n) is 5.03. The van der Waals surface area contributed by atoms with Crippen LogP contribution in [0.5, 0.6) is 0 Å². The van der Waals surface area contributed by atoms with Gasteiger partial charge in [0, 0.05) is 18.8 Å². The van der Waals surface area contributed by atoms with E-state index in [2.05, 4.69) is 21.8 Å². The highest BCUT2D eigenvalue weighted by Crippen LogP contribution is 2.28. The first-order valence-electron chi connectivity index (χ1n) is 6.90. The molecule has 2 aromatic heterocycles. The van der Waals surface area contributed by atoms with Crippen LogP contribution < -0.4 is 5.32 Å². The SMILES string of the molecule is CCCn1c(C2COCC2NC)nc2cnccc21. The number of hydrogen-bond donors (Lipinski definition) is 1. The zero-order chi connectivity index (χ0) is 13.2. The van der Waals surface area contributed by atoms with E-state index in [0.717, 1.165) is 37.5 Å². The highest BCUT2D eigenvalue weighted by atomic mass is 16.5. The molecule has 1 aliphatic heterocycles. The molecule has 3 rings (SSSR count). The molecule has 0 spiro atoms. The van der Waals surface area contributed by atoms with Crippen LogP contribution in [-0.2, 0) is 11.3 Å². The Kier molecular flexibility index (Phi) is 3.48. The molecule has 5 nitrogen and oxygen atoms in total. The Balaban J connectivity index is 2.08. The molecule has 0 amide bonds. The average Bonchev–Trinajstić information content (AvgIpc) is 3.03. The first-order valence-corrected chi connectivity index (χ1v) is 6.90. The molecule has 0 aliphatic carbocycles. The van der Waals surface area contributed by atoms with Gasteiger partial charge >= 0.3 is 0 Å². The first-order chi connectivity index (χ1) is 9.35. The smallest absolute Gasteiger partial charge is 0.117 e. The molecule has 5 heteroatoms. The molecular weight excluding hydrogens is 240 g/mol. The van der Waals surface area contributed by atoms with E-state index < -0.39 is 0 Å². The van der Waals surface area contributed by atoms with Crippen molar-refractivity contribution in [2.45, 2.75) is 31.8 Å². The Bertz CT molecular complexity index is 566. The van der Waals surface area contributed by atoms with Crippen LogP contribution in [0.3, 0.4) is 0 Å². The van der Waals surface area contributed by atoms with E-state index in [1.807, 2.05) is 25.5 Å². The summed E-state index contributed by atoms with van der Waals surface area (Å²) in [5, 5.41) is 3.33. The predicted octanol–water partition coefficient (Wildman–Crippen LogP) is 1.54. The van der Waals surface area contributed by atoms with Gasteiger partial charge in [-0.1, -0.05) is 6.92 Å². The zero-order valence-corrected chi connectivity index (χ0v) is 11.5.